The number of hydrogen-bond donors (Lipinski definition) is 1. The van der Waals surface area contributed by atoms with Gasteiger partial charge in [0.2, 0.25) is 0 Å². The Morgan fingerprint density at radius 1 is 1.07 bits per heavy atom. The second-order valence-electron chi connectivity index (χ2n) is 7.96. The van der Waals surface area contributed by atoms with E-state index in [4.69, 9.17) is 0 Å². The topological polar surface area (TPSA) is 19.0 Å². The first-order valence-electron chi connectivity index (χ1n) is 10.3. The van der Waals surface area contributed by atoms with Gasteiger partial charge in [-0.15, -0.1) is 12.4 Å². The van der Waals surface area contributed by atoms with Gasteiger partial charge in [-0.3, -0.25) is 0 Å². The molecule has 0 saturated carbocycles. The van der Waals surface area contributed by atoms with Gasteiger partial charge in [0.15, 0.2) is 0 Å². The van der Waals surface area contributed by atoms with Gasteiger partial charge in [0.25, 0.3) is 0 Å². The Hall–Kier alpha value is -1.84. The zero-order chi connectivity index (χ0) is 18.5. The third kappa shape index (κ3) is 5.36. The number of aromatic nitrogens is 1. The molecule has 1 aromatic heterocycles. The second kappa shape index (κ2) is 10.1. The van der Waals surface area contributed by atoms with Crippen LogP contribution in [0.1, 0.15) is 36.8 Å². The van der Waals surface area contributed by atoms with Crippen LogP contribution < -0.4 is 0 Å². The van der Waals surface area contributed by atoms with E-state index in [0.717, 1.165) is 29.7 Å². The van der Waals surface area contributed by atoms with Crippen molar-refractivity contribution < 1.29 is 4.39 Å². The van der Waals surface area contributed by atoms with Gasteiger partial charge in [-0.05, 0) is 86.9 Å². The number of hydrogen-bond acceptors (Lipinski definition) is 1. The molecule has 0 bridgehead atoms. The number of unbranched alkanes of at least 4 members (excludes halogenated alkanes) is 1. The Morgan fingerprint density at radius 2 is 1.93 bits per heavy atom. The summed E-state index contributed by atoms with van der Waals surface area (Å²) in [5, 5.41) is 1.04. The number of aromatic amines is 1. The molecule has 2 aromatic carbocycles. The van der Waals surface area contributed by atoms with Gasteiger partial charge in [-0.2, -0.15) is 0 Å². The standard InChI is InChI=1S/C24H29FN2.ClH/c25-22-11-12-24-23(16-22)21(17-26-24)10-4-5-13-27-14-6-9-20(18-27)15-19-7-2-1-3-8-19;/h1-3,7-8,11-12,16-17,20,26H,4-6,9-10,13-15,18H2;1H/t20-;/m1./s1. The zero-order valence-corrected chi connectivity index (χ0v) is 17.2. The third-order valence-electron chi connectivity index (χ3n) is 5.87. The molecule has 4 rings (SSSR count). The molecule has 1 saturated heterocycles. The van der Waals surface area contributed by atoms with Crippen LogP contribution in [0.15, 0.2) is 54.7 Å². The Morgan fingerprint density at radius 3 is 2.79 bits per heavy atom. The smallest absolute Gasteiger partial charge is 0.123 e. The molecule has 2 nitrogen and oxygen atoms in total. The molecule has 3 aromatic rings. The van der Waals surface area contributed by atoms with Crippen LogP contribution in [0.3, 0.4) is 0 Å². The van der Waals surface area contributed by atoms with Gasteiger partial charge in [0.05, 0.1) is 0 Å². The molecule has 0 amide bonds. The number of nitrogens with one attached hydrogen (secondary N) is 1. The van der Waals surface area contributed by atoms with Crippen LogP contribution in [-0.4, -0.2) is 29.5 Å². The molecule has 0 spiro atoms. The summed E-state index contributed by atoms with van der Waals surface area (Å²) < 4.78 is 13.5. The fraction of sp³-hybridized carbons (Fsp3) is 0.417. The third-order valence-corrected chi connectivity index (χ3v) is 5.87. The van der Waals surface area contributed by atoms with Gasteiger partial charge in [-0.1, -0.05) is 30.3 Å². The van der Waals surface area contributed by atoms with E-state index in [9.17, 15) is 4.39 Å². The number of aryl methyl sites for hydroxylation is 1. The van der Waals surface area contributed by atoms with E-state index < -0.39 is 0 Å². The number of likely N-dealkylation sites (tertiary alicyclic amines) is 1. The van der Waals surface area contributed by atoms with Gasteiger partial charge in [0, 0.05) is 23.6 Å². The molecular formula is C24H30ClFN2. The second-order valence-corrected chi connectivity index (χ2v) is 7.96. The first-order valence-corrected chi connectivity index (χ1v) is 10.3. The van der Waals surface area contributed by atoms with Crippen molar-refractivity contribution in [2.75, 3.05) is 19.6 Å². The molecule has 150 valence electrons. The molecule has 0 aliphatic carbocycles. The molecule has 1 N–H and O–H groups in total. The molecular weight excluding hydrogens is 371 g/mol. The minimum absolute atomic E-state index is 0. The van der Waals surface area contributed by atoms with Gasteiger partial charge in [0.1, 0.15) is 5.82 Å². The summed E-state index contributed by atoms with van der Waals surface area (Å²) in [5.74, 6) is 0.638. The first-order chi connectivity index (χ1) is 13.3. The lowest BCUT2D eigenvalue weighted by Gasteiger charge is -2.32. The van der Waals surface area contributed by atoms with E-state index in [0.29, 0.717) is 0 Å². The highest BCUT2D eigenvalue weighted by Crippen LogP contribution is 2.23. The van der Waals surface area contributed by atoms with Crippen molar-refractivity contribution in [3.63, 3.8) is 0 Å². The number of fused-ring (bicyclic) bond motifs is 1. The Balaban J connectivity index is 0.00000225. The molecule has 4 heteroatoms. The van der Waals surface area contributed by atoms with Crippen molar-refractivity contribution in [3.05, 3.63) is 71.7 Å². The van der Waals surface area contributed by atoms with Crippen molar-refractivity contribution in [3.8, 4) is 0 Å². The molecule has 0 unspecified atom stereocenters. The SMILES string of the molecule is Cl.Fc1ccc2[nH]cc(CCCCN3CCC[C@H](Cc4ccccc4)C3)c2c1. The summed E-state index contributed by atoms with van der Waals surface area (Å²) in [6.45, 7) is 3.65. The van der Waals surface area contributed by atoms with E-state index in [1.54, 1.807) is 6.07 Å². The molecule has 1 aliphatic rings. The summed E-state index contributed by atoms with van der Waals surface area (Å²) in [5.41, 5.74) is 3.74. The summed E-state index contributed by atoms with van der Waals surface area (Å²) in [6.07, 6.45) is 9.30. The summed E-state index contributed by atoms with van der Waals surface area (Å²) >= 11 is 0. The van der Waals surface area contributed by atoms with Crippen LogP contribution in [0.25, 0.3) is 10.9 Å². The average molecular weight is 401 g/mol. The Labute approximate surface area is 173 Å². The normalized spacial score (nSPS) is 17.5. The molecule has 28 heavy (non-hydrogen) atoms. The summed E-state index contributed by atoms with van der Waals surface area (Å²) in [4.78, 5) is 5.90. The molecule has 1 aliphatic heterocycles. The van der Waals surface area contributed by atoms with E-state index in [1.165, 1.54) is 62.5 Å². The van der Waals surface area contributed by atoms with Crippen molar-refractivity contribution in [1.29, 1.82) is 0 Å². The molecule has 2 heterocycles. The van der Waals surface area contributed by atoms with Crippen LogP contribution in [0.5, 0.6) is 0 Å². The highest BCUT2D eigenvalue weighted by Gasteiger charge is 2.19. The highest BCUT2D eigenvalue weighted by atomic mass is 35.5. The summed E-state index contributed by atoms with van der Waals surface area (Å²) in [6, 6.07) is 15.9. The highest BCUT2D eigenvalue weighted by molar-refractivity contribution is 5.85. The predicted molar refractivity (Wildman–Crippen MR) is 118 cm³/mol. The maximum absolute atomic E-state index is 13.5. The number of benzene rings is 2. The van der Waals surface area contributed by atoms with Crippen molar-refractivity contribution in [1.82, 2.24) is 9.88 Å². The van der Waals surface area contributed by atoms with E-state index in [1.807, 2.05) is 12.3 Å². The van der Waals surface area contributed by atoms with Crippen LogP contribution >= 0.6 is 12.4 Å². The quantitative estimate of drug-likeness (QED) is 0.481. The maximum Gasteiger partial charge on any atom is 0.123 e. The fourth-order valence-corrected chi connectivity index (χ4v) is 4.48. The average Bonchev–Trinajstić information content (AvgIpc) is 3.08. The predicted octanol–water partition coefficient (Wildman–Crippen LogP) is 6.01. The molecule has 1 atom stereocenters. The Kier molecular flexibility index (Phi) is 7.52. The van der Waals surface area contributed by atoms with Crippen LogP contribution in [0.4, 0.5) is 4.39 Å². The van der Waals surface area contributed by atoms with E-state index in [2.05, 4.69) is 40.2 Å². The number of halogens is 2. The van der Waals surface area contributed by atoms with Crippen LogP contribution in [-0.2, 0) is 12.8 Å². The fourth-order valence-electron chi connectivity index (χ4n) is 4.48. The Bertz CT molecular complexity index is 861. The number of nitrogens with zero attached hydrogens (tertiary/aromatic N) is 1. The number of piperidine rings is 1. The van der Waals surface area contributed by atoms with E-state index >= 15 is 0 Å². The lowest BCUT2D eigenvalue weighted by atomic mass is 9.91. The van der Waals surface area contributed by atoms with Gasteiger partial charge < -0.3 is 9.88 Å². The minimum Gasteiger partial charge on any atom is -0.361 e. The van der Waals surface area contributed by atoms with Crippen molar-refractivity contribution >= 4 is 23.3 Å². The maximum atomic E-state index is 13.5. The van der Waals surface area contributed by atoms with Gasteiger partial charge >= 0.3 is 0 Å². The lowest BCUT2D eigenvalue weighted by Crippen LogP contribution is -2.36. The van der Waals surface area contributed by atoms with Crippen molar-refractivity contribution in [2.24, 2.45) is 5.92 Å². The molecule has 0 radical (unpaired) electrons. The van der Waals surface area contributed by atoms with Crippen LogP contribution in [0.2, 0.25) is 0 Å². The minimum atomic E-state index is -0.152. The van der Waals surface area contributed by atoms with Crippen molar-refractivity contribution in [2.45, 2.75) is 38.5 Å². The monoisotopic (exact) mass is 400 g/mol. The van der Waals surface area contributed by atoms with Gasteiger partial charge in [-0.25, -0.2) is 4.39 Å². The zero-order valence-electron chi connectivity index (χ0n) is 16.4. The number of rotatable bonds is 7. The first kappa shape index (κ1) is 20.9. The lowest BCUT2D eigenvalue weighted by molar-refractivity contribution is 0.171. The summed E-state index contributed by atoms with van der Waals surface area (Å²) in [7, 11) is 0. The number of H-pyrrole nitrogens is 1. The van der Waals surface area contributed by atoms with E-state index in [-0.39, 0.29) is 18.2 Å². The van der Waals surface area contributed by atoms with Crippen LogP contribution in [0, 0.1) is 11.7 Å². The molecule has 1 fully saturated rings. The largest absolute Gasteiger partial charge is 0.361 e.